The molecule has 92 valence electrons. The van der Waals surface area contributed by atoms with Crippen molar-refractivity contribution in [2.24, 2.45) is 5.41 Å². The standard InChI is InChI=1S/C17H24/c1-6-17(4,5)16-10-8-14-11-13(12(2)3)7-9-15(14)16/h7,9-12H,6,8H2,1-5H3. The molecule has 0 saturated heterocycles. The van der Waals surface area contributed by atoms with E-state index in [-0.39, 0.29) is 0 Å². The summed E-state index contributed by atoms with van der Waals surface area (Å²) in [6, 6.07) is 7.03. The lowest BCUT2D eigenvalue weighted by Crippen LogP contribution is -2.11. The molecule has 1 aromatic rings. The Bertz CT molecular complexity index is 447. The maximum absolute atomic E-state index is 2.43. The van der Waals surface area contributed by atoms with E-state index in [1.165, 1.54) is 23.1 Å². The first-order valence-electron chi connectivity index (χ1n) is 6.79. The van der Waals surface area contributed by atoms with Crippen LogP contribution in [0.2, 0.25) is 0 Å². The molecule has 17 heavy (non-hydrogen) atoms. The number of hydrogen-bond acceptors (Lipinski definition) is 0. The number of rotatable bonds is 3. The lowest BCUT2D eigenvalue weighted by molar-refractivity contribution is 0.483. The minimum absolute atomic E-state index is 0.310. The molecule has 0 fully saturated rings. The van der Waals surface area contributed by atoms with Crippen molar-refractivity contribution in [3.05, 3.63) is 41.0 Å². The second-order valence-corrected chi connectivity index (χ2v) is 6.13. The Hall–Kier alpha value is -1.04. The quantitative estimate of drug-likeness (QED) is 0.668. The molecule has 0 radical (unpaired) electrons. The molecule has 1 aromatic carbocycles. The highest BCUT2D eigenvalue weighted by Gasteiger charge is 2.27. The Balaban J connectivity index is 2.39. The summed E-state index contributed by atoms with van der Waals surface area (Å²) in [5.41, 5.74) is 6.33. The molecule has 0 aromatic heterocycles. The third kappa shape index (κ3) is 2.18. The lowest BCUT2D eigenvalue weighted by atomic mass is 9.79. The van der Waals surface area contributed by atoms with E-state index in [0.717, 1.165) is 6.42 Å². The third-order valence-corrected chi connectivity index (χ3v) is 4.23. The highest BCUT2D eigenvalue weighted by molar-refractivity contribution is 5.76. The molecular weight excluding hydrogens is 204 g/mol. The van der Waals surface area contributed by atoms with Crippen molar-refractivity contribution in [3.8, 4) is 0 Å². The van der Waals surface area contributed by atoms with E-state index < -0.39 is 0 Å². The van der Waals surface area contributed by atoms with Crippen LogP contribution < -0.4 is 0 Å². The van der Waals surface area contributed by atoms with E-state index >= 15 is 0 Å². The molecule has 0 heteroatoms. The summed E-state index contributed by atoms with van der Waals surface area (Å²) in [5, 5.41) is 0. The molecule has 0 spiro atoms. The van der Waals surface area contributed by atoms with Gasteiger partial charge in [0.25, 0.3) is 0 Å². The van der Waals surface area contributed by atoms with Crippen molar-refractivity contribution in [1.82, 2.24) is 0 Å². The SMILES string of the molecule is CCC(C)(C)C1=CCc2cc(C(C)C)ccc21. The van der Waals surface area contributed by atoms with Gasteiger partial charge in [0, 0.05) is 0 Å². The van der Waals surface area contributed by atoms with Crippen LogP contribution in [-0.4, -0.2) is 0 Å². The van der Waals surface area contributed by atoms with Crippen LogP contribution in [0.5, 0.6) is 0 Å². The Morgan fingerprint density at radius 2 is 1.94 bits per heavy atom. The fourth-order valence-corrected chi connectivity index (χ4v) is 2.56. The molecule has 0 atom stereocenters. The van der Waals surface area contributed by atoms with E-state index in [1.54, 1.807) is 5.57 Å². The van der Waals surface area contributed by atoms with Crippen molar-refractivity contribution in [2.75, 3.05) is 0 Å². The monoisotopic (exact) mass is 228 g/mol. The summed E-state index contributed by atoms with van der Waals surface area (Å²) < 4.78 is 0. The van der Waals surface area contributed by atoms with E-state index in [2.05, 4.69) is 58.9 Å². The van der Waals surface area contributed by atoms with Gasteiger partial charge in [-0.05, 0) is 46.4 Å². The molecule has 0 bridgehead atoms. The average Bonchev–Trinajstić information content (AvgIpc) is 2.72. The summed E-state index contributed by atoms with van der Waals surface area (Å²) in [6.45, 7) is 11.5. The second kappa shape index (κ2) is 4.33. The molecule has 0 nitrogen and oxygen atoms in total. The normalized spacial score (nSPS) is 15.1. The molecule has 0 heterocycles. The predicted octanol–water partition coefficient (Wildman–Crippen LogP) is 5.19. The number of allylic oxidation sites excluding steroid dienone is 2. The molecule has 1 aliphatic carbocycles. The van der Waals surface area contributed by atoms with Crippen molar-refractivity contribution in [3.63, 3.8) is 0 Å². The summed E-state index contributed by atoms with van der Waals surface area (Å²) in [5.74, 6) is 0.628. The maximum atomic E-state index is 2.43. The van der Waals surface area contributed by atoms with Gasteiger partial charge in [-0.25, -0.2) is 0 Å². The molecule has 0 unspecified atom stereocenters. The van der Waals surface area contributed by atoms with Gasteiger partial charge >= 0.3 is 0 Å². The summed E-state index contributed by atoms with van der Waals surface area (Å²) in [7, 11) is 0. The first kappa shape index (κ1) is 12.4. The summed E-state index contributed by atoms with van der Waals surface area (Å²) in [4.78, 5) is 0. The molecule has 0 saturated carbocycles. The van der Waals surface area contributed by atoms with Gasteiger partial charge in [0.1, 0.15) is 0 Å². The fraction of sp³-hybridized carbons (Fsp3) is 0.529. The average molecular weight is 228 g/mol. The van der Waals surface area contributed by atoms with E-state index in [4.69, 9.17) is 0 Å². The van der Waals surface area contributed by atoms with Gasteiger partial charge in [0.05, 0.1) is 0 Å². The summed E-state index contributed by atoms with van der Waals surface area (Å²) >= 11 is 0. The van der Waals surface area contributed by atoms with Crippen LogP contribution in [-0.2, 0) is 6.42 Å². The summed E-state index contributed by atoms with van der Waals surface area (Å²) in [6.07, 6.45) is 4.75. The van der Waals surface area contributed by atoms with Gasteiger partial charge < -0.3 is 0 Å². The van der Waals surface area contributed by atoms with Gasteiger partial charge in [-0.3, -0.25) is 0 Å². The van der Waals surface area contributed by atoms with E-state index in [0.29, 0.717) is 11.3 Å². The maximum Gasteiger partial charge on any atom is -0.00851 e. The van der Waals surface area contributed by atoms with Gasteiger partial charge in [-0.2, -0.15) is 0 Å². The third-order valence-electron chi connectivity index (χ3n) is 4.23. The first-order chi connectivity index (χ1) is 7.95. The van der Waals surface area contributed by atoms with Crippen LogP contribution in [0.15, 0.2) is 24.3 Å². The topological polar surface area (TPSA) is 0 Å². The molecule has 1 aliphatic rings. The number of benzene rings is 1. The minimum Gasteiger partial charge on any atom is -0.0757 e. The molecule has 0 aliphatic heterocycles. The Morgan fingerprint density at radius 3 is 2.53 bits per heavy atom. The van der Waals surface area contributed by atoms with Crippen LogP contribution in [0, 0.1) is 5.41 Å². The molecular formula is C17H24. The zero-order valence-electron chi connectivity index (χ0n) is 11.8. The first-order valence-corrected chi connectivity index (χ1v) is 6.79. The van der Waals surface area contributed by atoms with Gasteiger partial charge in [-0.15, -0.1) is 0 Å². The Kier molecular flexibility index (Phi) is 3.16. The fourth-order valence-electron chi connectivity index (χ4n) is 2.56. The number of hydrogen-bond donors (Lipinski definition) is 0. The van der Waals surface area contributed by atoms with Crippen molar-refractivity contribution in [2.45, 2.75) is 53.4 Å². The molecule has 0 N–H and O–H groups in total. The highest BCUT2D eigenvalue weighted by atomic mass is 14.3. The Morgan fingerprint density at radius 1 is 1.24 bits per heavy atom. The molecule has 2 rings (SSSR count). The lowest BCUT2D eigenvalue weighted by Gasteiger charge is -2.26. The van der Waals surface area contributed by atoms with E-state index in [9.17, 15) is 0 Å². The Labute approximate surface area is 106 Å². The highest BCUT2D eigenvalue weighted by Crippen LogP contribution is 2.43. The van der Waals surface area contributed by atoms with E-state index in [1.807, 2.05) is 0 Å². The smallest absolute Gasteiger partial charge is 0.00851 e. The van der Waals surface area contributed by atoms with Crippen molar-refractivity contribution >= 4 is 5.57 Å². The van der Waals surface area contributed by atoms with Crippen LogP contribution in [0.1, 0.15) is 63.6 Å². The van der Waals surface area contributed by atoms with Crippen LogP contribution in [0.4, 0.5) is 0 Å². The predicted molar refractivity (Wildman–Crippen MR) is 76.3 cm³/mol. The van der Waals surface area contributed by atoms with Gasteiger partial charge in [0.15, 0.2) is 0 Å². The van der Waals surface area contributed by atoms with Crippen LogP contribution in [0.3, 0.4) is 0 Å². The second-order valence-electron chi connectivity index (χ2n) is 6.13. The van der Waals surface area contributed by atoms with Gasteiger partial charge in [0.2, 0.25) is 0 Å². The van der Waals surface area contributed by atoms with Crippen molar-refractivity contribution in [1.29, 1.82) is 0 Å². The zero-order chi connectivity index (χ0) is 12.6. The number of fused-ring (bicyclic) bond motifs is 1. The largest absolute Gasteiger partial charge is 0.0757 e. The van der Waals surface area contributed by atoms with Crippen LogP contribution in [0.25, 0.3) is 5.57 Å². The molecule has 0 amide bonds. The van der Waals surface area contributed by atoms with Crippen LogP contribution >= 0.6 is 0 Å². The van der Waals surface area contributed by atoms with Gasteiger partial charge in [-0.1, -0.05) is 58.9 Å². The zero-order valence-corrected chi connectivity index (χ0v) is 11.8. The van der Waals surface area contributed by atoms with Crippen molar-refractivity contribution < 1.29 is 0 Å². The minimum atomic E-state index is 0.310.